The molecule has 0 atom stereocenters. The maximum absolute atomic E-state index is 13.9. The Labute approximate surface area is 223 Å². The third-order valence-electron chi connectivity index (χ3n) is 5.86. The molecule has 5 rings (SSSR count). The number of fused-ring (bicyclic) bond motifs is 1. The van der Waals surface area contributed by atoms with E-state index in [1.54, 1.807) is 55.7 Å². The van der Waals surface area contributed by atoms with Crippen molar-refractivity contribution >= 4 is 80.6 Å². The Morgan fingerprint density at radius 2 is 1.44 bits per heavy atom. The molecule has 0 bridgehead atoms. The number of nitrogens with zero attached hydrogens (tertiary/aromatic N) is 2. The molecule has 0 saturated carbocycles. The van der Waals surface area contributed by atoms with E-state index in [4.69, 9.17) is 40.2 Å². The molecular formula is C28H18Cl2N2O3S. The van der Waals surface area contributed by atoms with Gasteiger partial charge in [-0.1, -0.05) is 71.7 Å². The topological polar surface area (TPSA) is 49.9 Å². The van der Waals surface area contributed by atoms with Crippen LogP contribution in [0.1, 0.15) is 5.56 Å². The maximum Gasteiger partial charge on any atom is 0.270 e. The van der Waals surface area contributed by atoms with Crippen LogP contribution in [-0.4, -0.2) is 24.0 Å². The largest absolute Gasteiger partial charge is 0.496 e. The van der Waals surface area contributed by atoms with Crippen LogP contribution in [-0.2, 0) is 9.59 Å². The Kier molecular flexibility index (Phi) is 6.49. The normalized spacial score (nSPS) is 15.2. The molecule has 4 aromatic carbocycles. The van der Waals surface area contributed by atoms with Crippen molar-refractivity contribution in [3.05, 3.63) is 106 Å². The van der Waals surface area contributed by atoms with E-state index in [2.05, 4.69) is 0 Å². The predicted molar refractivity (Wildman–Crippen MR) is 149 cm³/mol. The van der Waals surface area contributed by atoms with Crippen LogP contribution in [0.5, 0.6) is 5.75 Å². The number of methoxy groups -OCH3 is 1. The van der Waals surface area contributed by atoms with E-state index in [0.717, 1.165) is 10.8 Å². The van der Waals surface area contributed by atoms with E-state index >= 15 is 0 Å². The lowest BCUT2D eigenvalue weighted by molar-refractivity contribution is -0.120. The zero-order chi connectivity index (χ0) is 25.4. The highest BCUT2D eigenvalue weighted by Crippen LogP contribution is 2.35. The molecule has 1 aliphatic rings. The summed E-state index contributed by atoms with van der Waals surface area (Å²) in [5.74, 6) is -0.588. The average Bonchev–Trinajstić information content (AvgIpc) is 2.89. The number of hydrogen-bond acceptors (Lipinski definition) is 4. The summed E-state index contributed by atoms with van der Waals surface area (Å²) in [6, 6.07) is 25.1. The first kappa shape index (κ1) is 24.0. The molecule has 36 heavy (non-hydrogen) atoms. The van der Waals surface area contributed by atoms with Crippen LogP contribution >= 0.6 is 35.4 Å². The summed E-state index contributed by atoms with van der Waals surface area (Å²) < 4.78 is 5.59. The summed E-state index contributed by atoms with van der Waals surface area (Å²) >= 11 is 18.0. The fourth-order valence-corrected chi connectivity index (χ4v) is 4.80. The van der Waals surface area contributed by atoms with Gasteiger partial charge in [0.25, 0.3) is 11.8 Å². The first-order chi connectivity index (χ1) is 17.4. The van der Waals surface area contributed by atoms with Crippen molar-refractivity contribution in [3.63, 3.8) is 0 Å². The quantitative estimate of drug-likeness (QED) is 0.163. The van der Waals surface area contributed by atoms with Crippen molar-refractivity contribution in [1.82, 2.24) is 0 Å². The Balaban J connectivity index is 1.74. The number of carbonyl (C=O) groups excluding carboxylic acids is 2. The second kappa shape index (κ2) is 9.74. The summed E-state index contributed by atoms with van der Waals surface area (Å²) in [5.41, 5.74) is 1.46. The van der Waals surface area contributed by atoms with Crippen molar-refractivity contribution in [3.8, 4) is 5.75 Å². The van der Waals surface area contributed by atoms with Gasteiger partial charge in [-0.25, -0.2) is 0 Å². The number of rotatable bonds is 4. The molecule has 1 aliphatic heterocycles. The molecule has 0 radical (unpaired) electrons. The van der Waals surface area contributed by atoms with Gasteiger partial charge in [0.1, 0.15) is 11.3 Å². The summed E-state index contributed by atoms with van der Waals surface area (Å²) in [6.45, 7) is 0. The number of benzene rings is 4. The third-order valence-corrected chi connectivity index (χ3v) is 6.97. The highest BCUT2D eigenvalue weighted by atomic mass is 35.5. The lowest BCUT2D eigenvalue weighted by atomic mass is 9.99. The van der Waals surface area contributed by atoms with Gasteiger partial charge in [-0.05, 0) is 65.5 Å². The Hall–Kier alpha value is -3.71. The lowest BCUT2D eigenvalue weighted by Crippen LogP contribution is -2.56. The maximum atomic E-state index is 13.9. The molecule has 0 aliphatic carbocycles. The van der Waals surface area contributed by atoms with Gasteiger partial charge < -0.3 is 4.74 Å². The number of anilines is 2. The SMILES string of the molecule is COc1ccc2ccccc2c1/C=C1\C(=O)N(c2ccccc2)C(=S)N(c2ccc(Cl)c(Cl)c2)C1=O. The number of hydrogen-bond donors (Lipinski definition) is 0. The predicted octanol–water partition coefficient (Wildman–Crippen LogP) is 6.90. The summed E-state index contributed by atoms with van der Waals surface area (Å²) in [5, 5.41) is 2.39. The molecular weight excluding hydrogens is 515 g/mol. The van der Waals surface area contributed by atoms with Crippen molar-refractivity contribution in [2.75, 3.05) is 16.9 Å². The fourth-order valence-electron chi connectivity index (χ4n) is 4.13. The zero-order valence-electron chi connectivity index (χ0n) is 18.9. The van der Waals surface area contributed by atoms with Gasteiger partial charge in [-0.3, -0.25) is 19.4 Å². The number of ether oxygens (including phenoxy) is 1. The molecule has 2 amide bonds. The van der Waals surface area contributed by atoms with E-state index in [1.807, 2.05) is 42.5 Å². The smallest absolute Gasteiger partial charge is 0.270 e. The van der Waals surface area contributed by atoms with Gasteiger partial charge in [0.2, 0.25) is 0 Å². The van der Waals surface area contributed by atoms with Gasteiger partial charge in [0.15, 0.2) is 5.11 Å². The minimum absolute atomic E-state index is 0.0108. The molecule has 178 valence electrons. The van der Waals surface area contributed by atoms with Crippen molar-refractivity contribution in [2.45, 2.75) is 0 Å². The summed E-state index contributed by atoms with van der Waals surface area (Å²) in [6.07, 6.45) is 1.56. The van der Waals surface area contributed by atoms with Crippen molar-refractivity contribution < 1.29 is 14.3 Å². The number of carbonyl (C=O) groups is 2. The summed E-state index contributed by atoms with van der Waals surface area (Å²) in [7, 11) is 1.55. The molecule has 1 fully saturated rings. The molecule has 1 heterocycles. The molecule has 4 aromatic rings. The van der Waals surface area contributed by atoms with Crippen molar-refractivity contribution in [1.29, 1.82) is 0 Å². The molecule has 8 heteroatoms. The minimum Gasteiger partial charge on any atom is -0.496 e. The standard InChI is InChI=1S/C28H18Cl2N2O3S/c1-35-25-14-11-17-7-5-6-10-20(17)21(25)16-22-26(33)31(18-8-3-2-4-9-18)28(36)32(27(22)34)19-12-13-23(29)24(30)15-19/h2-16H,1H3/b22-16+. The second-order valence-electron chi connectivity index (χ2n) is 7.96. The zero-order valence-corrected chi connectivity index (χ0v) is 21.3. The van der Waals surface area contributed by atoms with Gasteiger partial charge in [0, 0.05) is 5.56 Å². The van der Waals surface area contributed by atoms with Gasteiger partial charge in [-0.2, -0.15) is 0 Å². The number of amides is 2. The van der Waals surface area contributed by atoms with E-state index in [9.17, 15) is 9.59 Å². The molecule has 0 spiro atoms. The van der Waals surface area contributed by atoms with Crippen LogP contribution in [0, 0.1) is 0 Å². The van der Waals surface area contributed by atoms with Gasteiger partial charge >= 0.3 is 0 Å². The number of para-hydroxylation sites is 1. The van der Waals surface area contributed by atoms with E-state index in [1.165, 1.54) is 9.80 Å². The molecule has 5 nitrogen and oxygen atoms in total. The summed E-state index contributed by atoms with van der Waals surface area (Å²) in [4.78, 5) is 30.3. The van der Waals surface area contributed by atoms with Crippen LogP contribution in [0.3, 0.4) is 0 Å². The third kappa shape index (κ3) is 4.13. The number of thiocarbonyl (C=S) groups is 1. The van der Waals surface area contributed by atoms with Crippen LogP contribution < -0.4 is 14.5 Å². The average molecular weight is 533 g/mol. The highest BCUT2D eigenvalue weighted by Gasteiger charge is 2.41. The van der Waals surface area contributed by atoms with Gasteiger partial charge in [-0.15, -0.1) is 0 Å². The minimum atomic E-state index is -0.578. The first-order valence-electron chi connectivity index (χ1n) is 10.9. The first-order valence-corrected chi connectivity index (χ1v) is 12.1. The van der Waals surface area contributed by atoms with Gasteiger partial charge in [0.05, 0.1) is 28.5 Å². The van der Waals surface area contributed by atoms with Crippen LogP contribution in [0.2, 0.25) is 10.0 Å². The van der Waals surface area contributed by atoms with Crippen LogP contribution in [0.15, 0.2) is 90.5 Å². The Bertz CT molecular complexity index is 1570. The number of halogens is 2. The van der Waals surface area contributed by atoms with Crippen molar-refractivity contribution in [2.24, 2.45) is 0 Å². The lowest BCUT2D eigenvalue weighted by Gasteiger charge is -2.36. The van der Waals surface area contributed by atoms with Crippen LogP contribution in [0.4, 0.5) is 11.4 Å². The molecule has 0 unspecified atom stereocenters. The van der Waals surface area contributed by atoms with E-state index in [-0.39, 0.29) is 15.7 Å². The Morgan fingerprint density at radius 1 is 0.778 bits per heavy atom. The van der Waals surface area contributed by atoms with E-state index in [0.29, 0.717) is 27.7 Å². The molecule has 1 saturated heterocycles. The molecule has 0 N–H and O–H groups in total. The Morgan fingerprint density at radius 3 is 2.14 bits per heavy atom. The monoisotopic (exact) mass is 532 g/mol. The second-order valence-corrected chi connectivity index (χ2v) is 9.14. The molecule has 0 aromatic heterocycles. The fraction of sp³-hybridized carbons (Fsp3) is 0.0357. The highest BCUT2D eigenvalue weighted by molar-refractivity contribution is 7.81. The van der Waals surface area contributed by atoms with E-state index < -0.39 is 11.8 Å². The van der Waals surface area contributed by atoms with Crippen LogP contribution in [0.25, 0.3) is 16.8 Å².